The number of rotatable bonds is 4. The number of amidine groups is 2. The predicted octanol–water partition coefficient (Wildman–Crippen LogP) is 3.26. The zero-order valence-corrected chi connectivity index (χ0v) is 16.8. The van der Waals surface area contributed by atoms with Crippen LogP contribution in [0.2, 0.25) is 0 Å². The highest BCUT2D eigenvalue weighted by atomic mass is 32.2. The fourth-order valence-corrected chi connectivity index (χ4v) is 3.40. The minimum absolute atomic E-state index is 0.123. The van der Waals surface area contributed by atoms with Gasteiger partial charge in [0.25, 0.3) is 11.2 Å². The Morgan fingerprint density at radius 1 is 1.25 bits per heavy atom. The lowest BCUT2D eigenvalue weighted by Crippen LogP contribution is -2.38. The van der Waals surface area contributed by atoms with E-state index in [1.165, 1.54) is 6.07 Å². The van der Waals surface area contributed by atoms with Crippen molar-refractivity contribution in [2.45, 2.75) is 33.7 Å². The maximum Gasteiger partial charge on any atom is 0.269 e. The normalized spacial score (nSPS) is 17.1. The van der Waals surface area contributed by atoms with Gasteiger partial charge in [-0.3, -0.25) is 0 Å². The van der Waals surface area contributed by atoms with Gasteiger partial charge in [0, 0.05) is 0 Å². The lowest BCUT2D eigenvalue weighted by atomic mass is 10.0. The summed E-state index contributed by atoms with van der Waals surface area (Å²) in [6, 6.07) is 8.38. The number of benzene rings is 1. The molecular formula is C19H21N5O3S. The molecule has 0 bridgehead atoms. The molecule has 28 heavy (non-hydrogen) atoms. The third-order valence-electron chi connectivity index (χ3n) is 4.42. The van der Waals surface area contributed by atoms with Gasteiger partial charge in [0.05, 0.1) is 17.3 Å². The van der Waals surface area contributed by atoms with Crippen LogP contribution in [0.25, 0.3) is 0 Å². The molecule has 0 aliphatic carbocycles. The van der Waals surface area contributed by atoms with E-state index in [9.17, 15) is 9.32 Å². The van der Waals surface area contributed by atoms with Gasteiger partial charge in [0.1, 0.15) is 17.6 Å². The van der Waals surface area contributed by atoms with Gasteiger partial charge >= 0.3 is 0 Å². The van der Waals surface area contributed by atoms with Crippen molar-refractivity contribution in [1.29, 1.82) is 5.26 Å². The number of anilines is 1. The fraction of sp³-hybridized carbons (Fsp3) is 0.316. The Balaban J connectivity index is 1.87. The number of nitrogens with one attached hydrogen (secondary N) is 2. The van der Waals surface area contributed by atoms with Gasteiger partial charge in [-0.2, -0.15) is 5.26 Å². The molecule has 146 valence electrons. The summed E-state index contributed by atoms with van der Waals surface area (Å²) in [5.41, 5.74) is 1.44. The zero-order valence-electron chi connectivity index (χ0n) is 16.0. The summed E-state index contributed by atoms with van der Waals surface area (Å²) >= 11 is -1.78. The number of phenols is 1. The average molecular weight is 399 g/mol. The van der Waals surface area contributed by atoms with E-state index < -0.39 is 11.2 Å². The van der Waals surface area contributed by atoms with Crippen LogP contribution in [0.3, 0.4) is 0 Å². The molecule has 0 saturated carbocycles. The Morgan fingerprint density at radius 3 is 2.57 bits per heavy atom. The summed E-state index contributed by atoms with van der Waals surface area (Å²) in [4.78, 5) is 0. The molecule has 9 heteroatoms. The van der Waals surface area contributed by atoms with Crippen LogP contribution < -0.4 is 10.6 Å². The third kappa shape index (κ3) is 3.92. The van der Waals surface area contributed by atoms with Crippen molar-refractivity contribution in [1.82, 2.24) is 5.32 Å². The fourth-order valence-electron chi connectivity index (χ4n) is 2.77. The molecule has 2 heterocycles. The van der Waals surface area contributed by atoms with Gasteiger partial charge in [-0.15, -0.1) is 8.80 Å². The smallest absolute Gasteiger partial charge is 0.269 e. The van der Waals surface area contributed by atoms with Crippen molar-refractivity contribution >= 4 is 28.5 Å². The molecule has 8 nitrogen and oxygen atoms in total. The summed E-state index contributed by atoms with van der Waals surface area (Å²) in [6.45, 7) is 7.94. The van der Waals surface area contributed by atoms with Gasteiger partial charge in [0.15, 0.2) is 17.4 Å². The van der Waals surface area contributed by atoms with E-state index in [1.807, 2.05) is 39.8 Å². The van der Waals surface area contributed by atoms with Crippen LogP contribution in [0, 0.1) is 31.1 Å². The summed E-state index contributed by atoms with van der Waals surface area (Å²) in [5, 5.41) is 25.4. The second-order valence-corrected chi connectivity index (χ2v) is 7.63. The SMILES string of the molecule is Cc1cc(C(NC2=NS(=O)N=C2Nc2cccc(C#N)c2O)C(C)C)oc1C. The van der Waals surface area contributed by atoms with Crippen molar-refractivity contribution in [3.8, 4) is 11.8 Å². The molecule has 3 N–H and O–H groups in total. The minimum atomic E-state index is -1.78. The van der Waals surface area contributed by atoms with Crippen LogP contribution in [0.15, 0.2) is 37.5 Å². The van der Waals surface area contributed by atoms with Gasteiger partial charge in [0.2, 0.25) is 0 Å². The van der Waals surface area contributed by atoms with E-state index in [4.69, 9.17) is 9.68 Å². The van der Waals surface area contributed by atoms with Crippen LogP contribution in [-0.2, 0) is 11.2 Å². The molecule has 0 amide bonds. The lowest BCUT2D eigenvalue weighted by molar-refractivity contribution is 0.369. The topological polar surface area (TPSA) is 123 Å². The number of hydrogen-bond donors (Lipinski definition) is 3. The number of furan rings is 1. The first kappa shape index (κ1) is 19.6. The summed E-state index contributed by atoms with van der Waals surface area (Å²) in [5.74, 6) is 2.05. The summed E-state index contributed by atoms with van der Waals surface area (Å²) in [7, 11) is 0. The van der Waals surface area contributed by atoms with Crippen LogP contribution in [-0.4, -0.2) is 21.0 Å². The molecule has 3 rings (SSSR count). The highest BCUT2D eigenvalue weighted by molar-refractivity contribution is 7.83. The van der Waals surface area contributed by atoms with E-state index in [0.717, 1.165) is 17.1 Å². The van der Waals surface area contributed by atoms with E-state index in [-0.39, 0.29) is 34.8 Å². The molecular weight excluding hydrogens is 378 g/mol. The highest BCUT2D eigenvalue weighted by Crippen LogP contribution is 2.29. The summed E-state index contributed by atoms with van der Waals surface area (Å²) in [6.07, 6.45) is 0. The van der Waals surface area contributed by atoms with Crippen LogP contribution in [0.1, 0.15) is 42.5 Å². The van der Waals surface area contributed by atoms with Gasteiger partial charge < -0.3 is 20.2 Å². The molecule has 0 radical (unpaired) electrons. The second kappa shape index (κ2) is 7.86. The van der Waals surface area contributed by atoms with E-state index in [2.05, 4.69) is 19.4 Å². The van der Waals surface area contributed by atoms with Crippen molar-refractivity contribution in [2.24, 2.45) is 14.7 Å². The molecule has 1 aliphatic rings. The number of hydrogen-bond acceptors (Lipinski definition) is 6. The number of nitrogens with zero attached hydrogens (tertiary/aromatic N) is 3. The van der Waals surface area contributed by atoms with Crippen molar-refractivity contribution < 1.29 is 13.7 Å². The molecule has 0 fully saturated rings. The number of para-hydroxylation sites is 1. The Bertz CT molecular complexity index is 1010. The first-order valence-corrected chi connectivity index (χ1v) is 9.78. The Labute approximate surface area is 165 Å². The molecule has 2 aromatic rings. The van der Waals surface area contributed by atoms with Crippen LogP contribution in [0.5, 0.6) is 5.75 Å². The standard InChI is InChI=1S/C19H21N5O3S/c1-10(2)16(15-8-11(3)12(4)27-15)22-19-18(23-28(26)24-19)21-14-7-5-6-13(9-20)17(14)25/h5-8,10,16,25H,1-4H3,(H,21,23)(H,22,24). The Kier molecular flexibility index (Phi) is 5.51. The summed E-state index contributed by atoms with van der Waals surface area (Å²) < 4.78 is 25.8. The molecule has 0 spiro atoms. The van der Waals surface area contributed by atoms with E-state index in [0.29, 0.717) is 5.84 Å². The Hall–Kier alpha value is -3.12. The number of phenolic OH excluding ortho intramolecular Hbond substituents is 1. The quantitative estimate of drug-likeness (QED) is 0.678. The van der Waals surface area contributed by atoms with Crippen LogP contribution >= 0.6 is 0 Å². The molecule has 1 aliphatic heterocycles. The first-order chi connectivity index (χ1) is 13.3. The van der Waals surface area contributed by atoms with Crippen molar-refractivity contribution in [2.75, 3.05) is 5.32 Å². The van der Waals surface area contributed by atoms with E-state index >= 15 is 0 Å². The Morgan fingerprint density at radius 2 is 1.96 bits per heavy atom. The average Bonchev–Trinajstić information content (AvgIpc) is 3.15. The molecule has 2 unspecified atom stereocenters. The monoisotopic (exact) mass is 399 g/mol. The van der Waals surface area contributed by atoms with Gasteiger partial charge in [-0.05, 0) is 43.5 Å². The largest absolute Gasteiger partial charge is 0.504 e. The second-order valence-electron chi connectivity index (χ2n) is 6.80. The first-order valence-electron chi connectivity index (χ1n) is 8.72. The number of nitriles is 1. The zero-order chi connectivity index (χ0) is 20.4. The number of aromatic hydroxyl groups is 1. The van der Waals surface area contributed by atoms with Crippen molar-refractivity contribution in [3.05, 3.63) is 46.9 Å². The molecule has 2 atom stereocenters. The predicted molar refractivity (Wildman–Crippen MR) is 108 cm³/mol. The lowest BCUT2D eigenvalue weighted by Gasteiger charge is -2.22. The molecule has 1 aromatic heterocycles. The molecule has 0 saturated heterocycles. The minimum Gasteiger partial charge on any atom is -0.504 e. The van der Waals surface area contributed by atoms with E-state index in [1.54, 1.807) is 12.1 Å². The highest BCUT2D eigenvalue weighted by Gasteiger charge is 2.27. The maximum absolute atomic E-state index is 11.9. The van der Waals surface area contributed by atoms with Crippen molar-refractivity contribution in [3.63, 3.8) is 0 Å². The number of aryl methyl sites for hydroxylation is 2. The third-order valence-corrected chi connectivity index (χ3v) is 5.10. The maximum atomic E-state index is 11.9. The van der Waals surface area contributed by atoms with Gasteiger partial charge in [-0.1, -0.05) is 19.9 Å². The van der Waals surface area contributed by atoms with Gasteiger partial charge in [-0.25, -0.2) is 4.21 Å². The molecule has 1 aromatic carbocycles. The van der Waals surface area contributed by atoms with Crippen LogP contribution in [0.4, 0.5) is 5.69 Å².